The summed E-state index contributed by atoms with van der Waals surface area (Å²) in [4.78, 5) is 7.80. The van der Waals surface area contributed by atoms with Gasteiger partial charge >= 0.3 is 0 Å². The number of hydrogen-bond acceptors (Lipinski definition) is 5. The number of nitrogens with zero attached hydrogens (tertiary/aromatic N) is 2. The van der Waals surface area contributed by atoms with Crippen molar-refractivity contribution in [2.45, 2.75) is 12.5 Å². The molecule has 1 aromatic heterocycles. The van der Waals surface area contributed by atoms with Crippen LogP contribution in [0.25, 0.3) is 0 Å². The third-order valence-corrected chi connectivity index (χ3v) is 2.65. The lowest BCUT2D eigenvalue weighted by molar-refractivity contribution is 0.250. The van der Waals surface area contributed by atoms with Gasteiger partial charge in [-0.3, -0.25) is 0 Å². The van der Waals surface area contributed by atoms with Gasteiger partial charge in [0.05, 0.1) is 0 Å². The highest BCUT2D eigenvalue weighted by atomic mass is 35.5. The quantitative estimate of drug-likeness (QED) is 0.544. The molecular formula is C10H13ClN4O. The van der Waals surface area contributed by atoms with E-state index in [0.717, 1.165) is 6.42 Å². The van der Waals surface area contributed by atoms with Gasteiger partial charge in [-0.15, -0.1) is 0 Å². The summed E-state index contributed by atoms with van der Waals surface area (Å²) in [7, 11) is 0. The van der Waals surface area contributed by atoms with Crippen LogP contribution >= 0.6 is 11.6 Å². The molecule has 0 bridgehead atoms. The lowest BCUT2D eigenvalue weighted by atomic mass is 10.1. The first kappa shape index (κ1) is 11.2. The molecule has 1 aromatic rings. The fourth-order valence-corrected chi connectivity index (χ4v) is 1.91. The van der Waals surface area contributed by atoms with Gasteiger partial charge in [0.15, 0.2) is 0 Å². The van der Waals surface area contributed by atoms with Crippen LogP contribution in [0.5, 0.6) is 0 Å². The lowest BCUT2D eigenvalue weighted by Gasteiger charge is -2.13. The van der Waals surface area contributed by atoms with Crippen molar-refractivity contribution in [3.05, 3.63) is 23.4 Å². The zero-order valence-electron chi connectivity index (χ0n) is 8.60. The Morgan fingerprint density at radius 3 is 2.94 bits per heavy atom. The van der Waals surface area contributed by atoms with Crippen molar-refractivity contribution >= 4 is 23.4 Å². The van der Waals surface area contributed by atoms with E-state index >= 15 is 0 Å². The molecule has 0 aliphatic heterocycles. The average molecular weight is 241 g/mol. The molecule has 1 aliphatic rings. The van der Waals surface area contributed by atoms with E-state index in [-0.39, 0.29) is 24.5 Å². The van der Waals surface area contributed by atoms with Crippen LogP contribution in [0.15, 0.2) is 18.2 Å². The van der Waals surface area contributed by atoms with Crippen molar-refractivity contribution in [2.24, 2.45) is 5.92 Å². The van der Waals surface area contributed by atoms with Crippen LogP contribution in [0.3, 0.4) is 0 Å². The minimum absolute atomic E-state index is 0.149. The van der Waals surface area contributed by atoms with Crippen LogP contribution < -0.4 is 11.1 Å². The molecule has 86 valence electrons. The summed E-state index contributed by atoms with van der Waals surface area (Å²) in [5.74, 6) is 0.966. The Hall–Kier alpha value is -1.33. The summed E-state index contributed by atoms with van der Waals surface area (Å²) in [5, 5.41) is 12.5. The Morgan fingerprint density at radius 1 is 1.50 bits per heavy atom. The summed E-state index contributed by atoms with van der Waals surface area (Å²) in [6.45, 7) is 0.168. The van der Waals surface area contributed by atoms with Crippen molar-refractivity contribution in [3.8, 4) is 0 Å². The third-order valence-electron chi connectivity index (χ3n) is 2.45. The molecule has 0 fully saturated rings. The number of hydrogen-bond donors (Lipinski definition) is 3. The minimum Gasteiger partial charge on any atom is -0.396 e. The van der Waals surface area contributed by atoms with Crippen molar-refractivity contribution in [3.63, 3.8) is 0 Å². The second kappa shape index (κ2) is 4.67. The Bertz CT molecular complexity index is 390. The summed E-state index contributed by atoms with van der Waals surface area (Å²) in [5.41, 5.74) is 5.48. The Labute approximate surface area is 98.4 Å². The molecule has 2 unspecified atom stereocenters. The average Bonchev–Trinajstić information content (AvgIpc) is 2.64. The Balaban J connectivity index is 2.02. The van der Waals surface area contributed by atoms with Crippen LogP contribution in [0.1, 0.15) is 6.42 Å². The normalized spacial score (nSPS) is 23.6. The number of nitrogens with one attached hydrogen (secondary N) is 1. The highest BCUT2D eigenvalue weighted by Gasteiger charge is 2.18. The highest BCUT2D eigenvalue weighted by molar-refractivity contribution is 6.29. The van der Waals surface area contributed by atoms with Gasteiger partial charge in [-0.1, -0.05) is 23.8 Å². The number of aliphatic hydroxyl groups is 1. The number of rotatable bonds is 3. The van der Waals surface area contributed by atoms with Crippen LogP contribution in [0, 0.1) is 5.92 Å². The van der Waals surface area contributed by atoms with E-state index in [2.05, 4.69) is 15.3 Å². The molecule has 16 heavy (non-hydrogen) atoms. The van der Waals surface area contributed by atoms with E-state index in [4.69, 9.17) is 22.4 Å². The number of aromatic nitrogens is 2. The fourth-order valence-electron chi connectivity index (χ4n) is 1.72. The Kier molecular flexibility index (Phi) is 3.26. The largest absolute Gasteiger partial charge is 0.396 e. The Morgan fingerprint density at radius 2 is 2.31 bits per heavy atom. The topological polar surface area (TPSA) is 84.1 Å². The van der Waals surface area contributed by atoms with E-state index in [1.165, 1.54) is 0 Å². The van der Waals surface area contributed by atoms with Crippen LogP contribution in [0.4, 0.5) is 11.8 Å². The monoisotopic (exact) mass is 240 g/mol. The molecule has 0 saturated heterocycles. The predicted octanol–water partition coefficient (Wildman–Crippen LogP) is 1.06. The third kappa shape index (κ3) is 2.62. The molecule has 0 aromatic carbocycles. The number of nitrogen functional groups attached to an aromatic ring is 1. The van der Waals surface area contributed by atoms with Crippen molar-refractivity contribution in [1.29, 1.82) is 0 Å². The van der Waals surface area contributed by atoms with Crippen molar-refractivity contribution in [1.82, 2.24) is 9.97 Å². The zero-order valence-corrected chi connectivity index (χ0v) is 9.35. The van der Waals surface area contributed by atoms with Crippen LogP contribution in [-0.4, -0.2) is 27.7 Å². The second-order valence-corrected chi connectivity index (χ2v) is 4.14. The highest BCUT2D eigenvalue weighted by Crippen LogP contribution is 2.21. The number of halogens is 1. The van der Waals surface area contributed by atoms with Crippen LogP contribution in [-0.2, 0) is 0 Å². The van der Waals surface area contributed by atoms with Gasteiger partial charge < -0.3 is 16.2 Å². The first-order valence-corrected chi connectivity index (χ1v) is 5.41. The van der Waals surface area contributed by atoms with Gasteiger partial charge in [-0.25, -0.2) is 4.98 Å². The number of aliphatic hydroxyl groups excluding tert-OH is 1. The fraction of sp³-hybridized carbons (Fsp3) is 0.400. The maximum absolute atomic E-state index is 8.99. The molecule has 0 amide bonds. The molecular weight excluding hydrogens is 228 g/mol. The second-order valence-electron chi connectivity index (χ2n) is 3.75. The molecule has 2 atom stereocenters. The first-order chi connectivity index (χ1) is 7.67. The molecule has 2 rings (SSSR count). The maximum Gasteiger partial charge on any atom is 0.223 e. The predicted molar refractivity (Wildman–Crippen MR) is 63.2 cm³/mol. The van der Waals surface area contributed by atoms with Gasteiger partial charge in [-0.05, 0) is 6.42 Å². The smallest absolute Gasteiger partial charge is 0.223 e. The molecule has 5 nitrogen and oxygen atoms in total. The molecule has 0 spiro atoms. The summed E-state index contributed by atoms with van der Waals surface area (Å²) < 4.78 is 0. The van der Waals surface area contributed by atoms with E-state index < -0.39 is 0 Å². The molecule has 0 radical (unpaired) electrons. The van der Waals surface area contributed by atoms with Gasteiger partial charge in [0.1, 0.15) is 11.0 Å². The standard InChI is InChI=1S/C10H13ClN4O/c11-8-4-9(15-10(12)14-8)13-7-2-1-6(3-7)5-16/h1-2,4,6-7,16H,3,5H2,(H3,12,13,14,15). The molecule has 1 aliphatic carbocycles. The van der Waals surface area contributed by atoms with Gasteiger partial charge in [0.25, 0.3) is 0 Å². The zero-order chi connectivity index (χ0) is 11.5. The lowest BCUT2D eigenvalue weighted by Crippen LogP contribution is -2.17. The maximum atomic E-state index is 8.99. The summed E-state index contributed by atoms with van der Waals surface area (Å²) in [6.07, 6.45) is 4.84. The SMILES string of the molecule is Nc1nc(Cl)cc(NC2C=CC(CO)C2)n1. The first-order valence-electron chi connectivity index (χ1n) is 5.03. The van der Waals surface area contributed by atoms with Crippen LogP contribution in [0.2, 0.25) is 5.15 Å². The summed E-state index contributed by atoms with van der Waals surface area (Å²) in [6, 6.07) is 1.78. The van der Waals surface area contributed by atoms with E-state index in [9.17, 15) is 0 Å². The van der Waals surface area contributed by atoms with Gasteiger partial charge in [0.2, 0.25) is 5.95 Å². The van der Waals surface area contributed by atoms with E-state index in [1.54, 1.807) is 6.07 Å². The van der Waals surface area contributed by atoms with Gasteiger partial charge in [0, 0.05) is 24.6 Å². The number of anilines is 2. The van der Waals surface area contributed by atoms with Gasteiger partial charge in [-0.2, -0.15) is 4.98 Å². The molecule has 0 saturated carbocycles. The molecule has 6 heteroatoms. The molecule has 1 heterocycles. The van der Waals surface area contributed by atoms with Crippen molar-refractivity contribution < 1.29 is 5.11 Å². The minimum atomic E-state index is 0.149. The van der Waals surface area contributed by atoms with E-state index in [0.29, 0.717) is 11.0 Å². The number of nitrogens with two attached hydrogens (primary N) is 1. The van der Waals surface area contributed by atoms with Crippen molar-refractivity contribution in [2.75, 3.05) is 17.7 Å². The van der Waals surface area contributed by atoms with E-state index in [1.807, 2.05) is 12.2 Å². The molecule has 4 N–H and O–H groups in total. The summed E-state index contributed by atoms with van der Waals surface area (Å²) >= 11 is 5.76.